The van der Waals surface area contributed by atoms with E-state index in [0.717, 1.165) is 0 Å². The number of guanidine groups is 1. The molecule has 0 radical (unpaired) electrons. The van der Waals surface area contributed by atoms with Crippen molar-refractivity contribution < 1.29 is 43.7 Å². The molecule has 0 saturated heterocycles. The summed E-state index contributed by atoms with van der Waals surface area (Å²) in [5.41, 5.74) is 18.4. The molecular weight excluding hydrogens is 700 g/mol. The van der Waals surface area contributed by atoms with Crippen LogP contribution in [0.3, 0.4) is 0 Å². The number of hydrogen-bond donors (Lipinski definition) is 9. The SMILES string of the molecule is NC(=O)[C@H](Cc1ccccc1)NC(=O)[C@H](CCCN=C(N)N)NC(=O)[C@H](CCC(=O)O)NC(=O)[C@H](Cc1ccc(O)cc1)NC(=O)OCc1ccccc1. The molecule has 0 heterocycles. The number of rotatable bonds is 21. The van der Waals surface area contributed by atoms with E-state index in [-0.39, 0.29) is 50.5 Å². The molecule has 0 saturated carbocycles. The lowest BCUT2D eigenvalue weighted by Gasteiger charge is -2.26. The van der Waals surface area contributed by atoms with Crippen molar-refractivity contribution >= 4 is 41.7 Å². The van der Waals surface area contributed by atoms with Gasteiger partial charge in [0.2, 0.25) is 23.6 Å². The molecule has 3 aromatic carbocycles. The summed E-state index contributed by atoms with van der Waals surface area (Å²) in [4.78, 5) is 81.7. The van der Waals surface area contributed by atoms with Crippen molar-refractivity contribution in [3.05, 3.63) is 102 Å². The van der Waals surface area contributed by atoms with Crippen LogP contribution in [0.5, 0.6) is 5.75 Å². The number of phenolic OH excluding ortho intramolecular Hbond substituents is 1. The molecule has 12 N–H and O–H groups in total. The highest BCUT2D eigenvalue weighted by Gasteiger charge is 2.31. The number of benzene rings is 3. The van der Waals surface area contributed by atoms with E-state index in [9.17, 15) is 39.0 Å². The number of carboxylic acids is 1. The Hall–Kier alpha value is -6.65. The van der Waals surface area contributed by atoms with Gasteiger partial charge in [0.25, 0.3) is 0 Å². The van der Waals surface area contributed by atoms with Crippen LogP contribution in [0.1, 0.15) is 42.4 Å². The zero-order chi connectivity index (χ0) is 39.5. The fourth-order valence-corrected chi connectivity index (χ4v) is 5.18. The number of primary amides is 1. The summed E-state index contributed by atoms with van der Waals surface area (Å²) in [6.07, 6.45) is -1.74. The number of alkyl carbamates (subject to hydrolysis) is 1. The van der Waals surface area contributed by atoms with Crippen LogP contribution < -0.4 is 38.5 Å². The summed E-state index contributed by atoms with van der Waals surface area (Å²) in [7, 11) is 0. The number of carboxylic acid groups (broad SMARTS) is 1. The van der Waals surface area contributed by atoms with Gasteiger partial charge in [0.1, 0.15) is 36.5 Å². The Labute approximate surface area is 311 Å². The van der Waals surface area contributed by atoms with E-state index in [4.69, 9.17) is 21.9 Å². The predicted octanol–water partition coefficient (Wildman–Crippen LogP) is 0.331. The summed E-state index contributed by atoms with van der Waals surface area (Å²) in [6, 6.07) is 18.2. The van der Waals surface area contributed by atoms with Gasteiger partial charge in [-0.2, -0.15) is 0 Å². The van der Waals surface area contributed by atoms with Crippen molar-refractivity contribution in [2.45, 2.75) is 69.3 Å². The van der Waals surface area contributed by atoms with Gasteiger partial charge < -0.3 is 53.4 Å². The first-order chi connectivity index (χ1) is 25.8. The molecule has 0 unspecified atom stereocenters. The second-order valence-electron chi connectivity index (χ2n) is 12.3. The third-order valence-electron chi connectivity index (χ3n) is 8.00. The van der Waals surface area contributed by atoms with E-state index in [1.165, 1.54) is 24.3 Å². The summed E-state index contributed by atoms with van der Waals surface area (Å²) < 4.78 is 5.29. The van der Waals surface area contributed by atoms with Gasteiger partial charge in [-0.05, 0) is 48.1 Å². The van der Waals surface area contributed by atoms with Crippen LogP contribution in [0.25, 0.3) is 0 Å². The highest BCUT2D eigenvalue weighted by molar-refractivity contribution is 5.95. The lowest BCUT2D eigenvalue weighted by Crippen LogP contribution is -2.58. The predicted molar refractivity (Wildman–Crippen MR) is 197 cm³/mol. The first kappa shape index (κ1) is 41.8. The second kappa shape index (κ2) is 21.7. The fourth-order valence-electron chi connectivity index (χ4n) is 5.18. The van der Waals surface area contributed by atoms with Crippen LogP contribution in [0.15, 0.2) is 89.9 Å². The number of carbonyl (C=O) groups is 6. The van der Waals surface area contributed by atoms with Crippen molar-refractivity contribution in [1.29, 1.82) is 0 Å². The summed E-state index contributed by atoms with van der Waals surface area (Å²) in [6.45, 7) is -0.00608. The molecule has 0 aliphatic rings. The maximum atomic E-state index is 13.8. The average Bonchev–Trinajstić information content (AvgIpc) is 3.14. The molecule has 0 aliphatic heterocycles. The standard InChI is InChI=1S/C37H46N8O9/c38-32(49)29(20-23-8-3-1-4-9-23)44-33(50)27(12-7-19-41-36(39)40)42-34(51)28(17-18-31(47)48)43-35(52)30(21-24-13-15-26(46)16-14-24)45-37(53)54-22-25-10-5-2-6-11-25/h1-6,8-11,13-16,27-30,46H,7,12,17-22H2,(H2,38,49)(H,42,51)(H,43,52)(H,44,50)(H,45,53)(H,47,48)(H4,39,40,41)/t27-,28-,29-,30-/m0/s1. The number of amides is 5. The molecule has 0 aliphatic carbocycles. The molecule has 4 atom stereocenters. The van der Waals surface area contributed by atoms with Crippen molar-refractivity contribution in [2.75, 3.05) is 6.54 Å². The van der Waals surface area contributed by atoms with Crippen LogP contribution in [0, 0.1) is 0 Å². The van der Waals surface area contributed by atoms with E-state index < -0.39 is 72.7 Å². The second-order valence-corrected chi connectivity index (χ2v) is 12.3. The molecule has 0 fully saturated rings. The summed E-state index contributed by atoms with van der Waals surface area (Å²) in [5, 5.41) is 29.3. The quantitative estimate of drug-likeness (QED) is 0.0407. The van der Waals surface area contributed by atoms with Gasteiger partial charge in [0.05, 0.1) is 0 Å². The maximum Gasteiger partial charge on any atom is 0.408 e. The Bertz CT molecular complexity index is 1740. The number of ether oxygens (including phenoxy) is 1. The number of aliphatic carboxylic acids is 1. The Balaban J connectivity index is 1.82. The van der Waals surface area contributed by atoms with Crippen LogP contribution in [-0.2, 0) is 48.2 Å². The third kappa shape index (κ3) is 15.3. The van der Waals surface area contributed by atoms with E-state index in [0.29, 0.717) is 16.7 Å². The Morgan fingerprint density at radius 2 is 1.13 bits per heavy atom. The van der Waals surface area contributed by atoms with Crippen LogP contribution in [0.4, 0.5) is 4.79 Å². The lowest BCUT2D eigenvalue weighted by molar-refractivity contribution is -0.138. The van der Waals surface area contributed by atoms with Crippen molar-refractivity contribution in [3.63, 3.8) is 0 Å². The highest BCUT2D eigenvalue weighted by atomic mass is 16.5. The highest BCUT2D eigenvalue weighted by Crippen LogP contribution is 2.13. The van der Waals surface area contributed by atoms with Gasteiger partial charge in [-0.25, -0.2) is 4.79 Å². The normalized spacial score (nSPS) is 12.8. The minimum Gasteiger partial charge on any atom is -0.508 e. The maximum absolute atomic E-state index is 13.8. The number of nitrogens with zero attached hydrogens (tertiary/aromatic N) is 1. The zero-order valence-corrected chi connectivity index (χ0v) is 29.5. The third-order valence-corrected chi connectivity index (χ3v) is 8.00. The molecule has 17 nitrogen and oxygen atoms in total. The average molecular weight is 747 g/mol. The molecule has 288 valence electrons. The van der Waals surface area contributed by atoms with E-state index >= 15 is 0 Å². The largest absolute Gasteiger partial charge is 0.508 e. The van der Waals surface area contributed by atoms with Crippen LogP contribution in [0.2, 0.25) is 0 Å². The van der Waals surface area contributed by atoms with Crippen LogP contribution in [-0.4, -0.2) is 82.6 Å². The molecule has 0 spiro atoms. The van der Waals surface area contributed by atoms with Gasteiger partial charge in [0.15, 0.2) is 5.96 Å². The monoisotopic (exact) mass is 746 g/mol. The summed E-state index contributed by atoms with van der Waals surface area (Å²) in [5.74, 6) is -4.85. The van der Waals surface area contributed by atoms with Gasteiger partial charge in [0, 0.05) is 25.8 Å². The first-order valence-electron chi connectivity index (χ1n) is 17.1. The number of nitrogens with one attached hydrogen (secondary N) is 4. The molecular formula is C37H46N8O9. The minimum absolute atomic E-state index is 0.0247. The zero-order valence-electron chi connectivity index (χ0n) is 29.5. The number of aromatic hydroxyl groups is 1. The molecule has 54 heavy (non-hydrogen) atoms. The number of aliphatic imine (C=N–C) groups is 1. The van der Waals surface area contributed by atoms with Gasteiger partial charge in [-0.3, -0.25) is 29.0 Å². The minimum atomic E-state index is -1.50. The molecule has 0 bridgehead atoms. The lowest BCUT2D eigenvalue weighted by atomic mass is 10.0. The number of phenols is 1. The molecule has 3 aromatic rings. The van der Waals surface area contributed by atoms with E-state index in [1.54, 1.807) is 60.7 Å². The van der Waals surface area contributed by atoms with Gasteiger partial charge in [-0.15, -0.1) is 0 Å². The first-order valence-corrected chi connectivity index (χ1v) is 17.1. The van der Waals surface area contributed by atoms with E-state index in [2.05, 4.69) is 26.3 Å². The van der Waals surface area contributed by atoms with Crippen molar-refractivity contribution in [1.82, 2.24) is 21.3 Å². The number of carbonyl (C=O) groups excluding carboxylic acids is 5. The van der Waals surface area contributed by atoms with Crippen molar-refractivity contribution in [3.8, 4) is 5.75 Å². The number of hydrogen-bond acceptors (Lipinski definition) is 9. The van der Waals surface area contributed by atoms with Crippen LogP contribution >= 0.6 is 0 Å². The Morgan fingerprint density at radius 1 is 0.630 bits per heavy atom. The summed E-state index contributed by atoms with van der Waals surface area (Å²) >= 11 is 0. The fraction of sp³-hybridized carbons (Fsp3) is 0.324. The Morgan fingerprint density at radius 3 is 1.69 bits per heavy atom. The number of nitrogens with two attached hydrogens (primary N) is 3. The van der Waals surface area contributed by atoms with Gasteiger partial charge in [-0.1, -0.05) is 72.8 Å². The smallest absolute Gasteiger partial charge is 0.408 e. The van der Waals surface area contributed by atoms with Crippen molar-refractivity contribution in [2.24, 2.45) is 22.2 Å². The molecule has 5 amide bonds. The molecule has 17 heteroatoms. The molecule has 3 rings (SSSR count). The van der Waals surface area contributed by atoms with Gasteiger partial charge >= 0.3 is 12.1 Å². The Kier molecular flexibility index (Phi) is 16.7. The topological polar surface area (TPSA) is 291 Å². The molecule has 0 aromatic heterocycles. The van der Waals surface area contributed by atoms with E-state index in [1.807, 2.05) is 0 Å².